The van der Waals surface area contributed by atoms with E-state index in [1.165, 1.54) is 26.2 Å². The number of esters is 1. The molecular formula is C31H33N3O7S. The predicted molar refractivity (Wildman–Crippen MR) is 161 cm³/mol. The van der Waals surface area contributed by atoms with Gasteiger partial charge in [-0.15, -0.1) is 0 Å². The van der Waals surface area contributed by atoms with Gasteiger partial charge in [0.2, 0.25) is 10.0 Å². The fourth-order valence-corrected chi connectivity index (χ4v) is 5.80. The van der Waals surface area contributed by atoms with Gasteiger partial charge in [-0.05, 0) is 67.3 Å². The summed E-state index contributed by atoms with van der Waals surface area (Å²) in [4.78, 5) is 36.5. The van der Waals surface area contributed by atoms with Gasteiger partial charge in [0.15, 0.2) is 5.76 Å². The SMILES string of the molecule is COC(=O)C(NS(=O)(=O)c1ccc(-c2ccc(NC(=O)c3oc4cccc(NCC(C)=O)c4c3C)cc2)cc1)C(C)C. The molecule has 3 N–H and O–H groups in total. The molecule has 11 heteroatoms. The Hall–Kier alpha value is -4.48. The average Bonchev–Trinajstić information content (AvgIpc) is 3.31. The molecule has 1 unspecified atom stereocenters. The number of fused-ring (bicyclic) bond motifs is 1. The second-order valence-corrected chi connectivity index (χ2v) is 11.9. The zero-order valence-electron chi connectivity index (χ0n) is 24.0. The molecule has 0 fully saturated rings. The van der Waals surface area contributed by atoms with Crippen LogP contribution < -0.4 is 15.4 Å². The Balaban J connectivity index is 1.47. The van der Waals surface area contributed by atoms with Crippen LogP contribution in [0.4, 0.5) is 11.4 Å². The standard InChI is InChI=1S/C31H33N3O7S/c1-18(2)28(31(37)40-5)34-42(38,39)24-15-11-22(12-16-24)21-9-13-23(14-10-21)33-30(36)29-20(4)27-25(32-17-19(3)35)7-6-8-26(27)41-29/h6-16,18,28,32,34H,17H2,1-5H3,(H,33,36). The van der Waals surface area contributed by atoms with E-state index in [-0.39, 0.29) is 28.9 Å². The second-order valence-electron chi connectivity index (χ2n) is 10.2. The predicted octanol–water partition coefficient (Wildman–Crippen LogP) is 5.14. The van der Waals surface area contributed by atoms with Gasteiger partial charge in [0, 0.05) is 22.3 Å². The van der Waals surface area contributed by atoms with Crippen LogP contribution in [0.5, 0.6) is 0 Å². The van der Waals surface area contributed by atoms with Crippen molar-refractivity contribution in [3.05, 3.63) is 78.1 Å². The Morgan fingerprint density at radius 3 is 2.12 bits per heavy atom. The van der Waals surface area contributed by atoms with Crippen LogP contribution in [0.15, 0.2) is 76.0 Å². The maximum atomic E-state index is 13.1. The molecule has 3 aromatic carbocycles. The van der Waals surface area contributed by atoms with Gasteiger partial charge >= 0.3 is 5.97 Å². The number of carbonyl (C=O) groups excluding carboxylic acids is 3. The Morgan fingerprint density at radius 1 is 0.929 bits per heavy atom. The summed E-state index contributed by atoms with van der Waals surface area (Å²) in [7, 11) is -2.74. The van der Waals surface area contributed by atoms with Gasteiger partial charge in [0.1, 0.15) is 17.4 Å². The first-order valence-corrected chi connectivity index (χ1v) is 14.8. The number of ketones is 1. The molecule has 0 spiro atoms. The number of methoxy groups -OCH3 is 1. The summed E-state index contributed by atoms with van der Waals surface area (Å²) in [6.07, 6.45) is 0. The molecule has 220 valence electrons. The van der Waals surface area contributed by atoms with Crippen molar-refractivity contribution in [1.29, 1.82) is 0 Å². The number of Topliss-reactive ketones (excluding diaryl/α,β-unsaturated/α-hetero) is 1. The van der Waals surface area contributed by atoms with Gasteiger partial charge in [-0.2, -0.15) is 4.72 Å². The van der Waals surface area contributed by atoms with Crippen molar-refractivity contribution in [2.75, 3.05) is 24.3 Å². The normalized spacial score (nSPS) is 12.2. The zero-order chi connectivity index (χ0) is 30.6. The minimum atomic E-state index is -3.95. The van der Waals surface area contributed by atoms with Crippen LogP contribution in [0.1, 0.15) is 36.9 Å². The van der Waals surface area contributed by atoms with Gasteiger partial charge in [-0.1, -0.05) is 44.2 Å². The van der Waals surface area contributed by atoms with E-state index >= 15 is 0 Å². The Kier molecular flexibility index (Phi) is 9.13. The first-order valence-electron chi connectivity index (χ1n) is 13.3. The van der Waals surface area contributed by atoms with Crippen molar-refractivity contribution in [2.45, 2.75) is 38.6 Å². The summed E-state index contributed by atoms with van der Waals surface area (Å²) in [6.45, 7) is 6.90. The molecule has 0 saturated heterocycles. The number of rotatable bonds is 11. The number of amides is 1. The third kappa shape index (κ3) is 6.69. The fraction of sp³-hybridized carbons (Fsp3) is 0.258. The summed E-state index contributed by atoms with van der Waals surface area (Å²) in [5.74, 6) is -1.21. The maximum absolute atomic E-state index is 13.1. The summed E-state index contributed by atoms with van der Waals surface area (Å²) in [5, 5.41) is 6.67. The zero-order valence-corrected chi connectivity index (χ0v) is 24.8. The van der Waals surface area contributed by atoms with Gasteiger partial charge in [-0.3, -0.25) is 14.4 Å². The molecule has 0 bridgehead atoms. The van der Waals surface area contributed by atoms with E-state index in [1.54, 1.807) is 69.3 Å². The van der Waals surface area contributed by atoms with Crippen LogP contribution in [0.3, 0.4) is 0 Å². The van der Waals surface area contributed by atoms with E-state index in [0.29, 0.717) is 22.5 Å². The van der Waals surface area contributed by atoms with Gasteiger partial charge < -0.3 is 19.8 Å². The van der Waals surface area contributed by atoms with Crippen molar-refractivity contribution >= 4 is 50.0 Å². The van der Waals surface area contributed by atoms with Gasteiger partial charge in [-0.25, -0.2) is 8.42 Å². The molecule has 1 aromatic heterocycles. The van der Waals surface area contributed by atoms with Crippen molar-refractivity contribution in [2.24, 2.45) is 5.92 Å². The van der Waals surface area contributed by atoms with E-state index in [1.807, 2.05) is 6.07 Å². The summed E-state index contributed by atoms with van der Waals surface area (Å²) >= 11 is 0. The van der Waals surface area contributed by atoms with Crippen LogP contribution in [0, 0.1) is 12.8 Å². The molecule has 42 heavy (non-hydrogen) atoms. The van der Waals surface area contributed by atoms with Crippen LogP contribution in [0.2, 0.25) is 0 Å². The molecule has 1 atom stereocenters. The van der Waals surface area contributed by atoms with Crippen molar-refractivity contribution in [1.82, 2.24) is 4.72 Å². The van der Waals surface area contributed by atoms with E-state index in [0.717, 1.165) is 16.5 Å². The maximum Gasteiger partial charge on any atom is 0.324 e. The number of ether oxygens (including phenoxy) is 1. The molecule has 0 aliphatic rings. The molecule has 4 aromatic rings. The van der Waals surface area contributed by atoms with Crippen molar-refractivity contribution < 1.29 is 32.0 Å². The molecule has 1 amide bonds. The highest BCUT2D eigenvalue weighted by Gasteiger charge is 2.29. The highest BCUT2D eigenvalue weighted by molar-refractivity contribution is 7.89. The monoisotopic (exact) mass is 591 g/mol. The second kappa shape index (κ2) is 12.6. The highest BCUT2D eigenvalue weighted by Crippen LogP contribution is 2.32. The first kappa shape index (κ1) is 30.5. The number of sulfonamides is 1. The lowest BCUT2D eigenvalue weighted by atomic mass is 10.1. The van der Waals surface area contributed by atoms with E-state index in [4.69, 9.17) is 9.15 Å². The molecule has 1 heterocycles. The minimum Gasteiger partial charge on any atom is -0.468 e. The fourth-order valence-electron chi connectivity index (χ4n) is 4.47. The lowest BCUT2D eigenvalue weighted by Crippen LogP contribution is -2.44. The van der Waals surface area contributed by atoms with E-state index in [2.05, 4.69) is 15.4 Å². The van der Waals surface area contributed by atoms with Crippen LogP contribution in [0.25, 0.3) is 22.1 Å². The average molecular weight is 592 g/mol. The Bertz CT molecular complexity index is 1720. The lowest BCUT2D eigenvalue weighted by molar-refractivity contribution is -0.143. The number of nitrogens with one attached hydrogen (secondary N) is 3. The lowest BCUT2D eigenvalue weighted by Gasteiger charge is -2.19. The summed E-state index contributed by atoms with van der Waals surface area (Å²) < 4.78 is 38.7. The number of hydrogen-bond acceptors (Lipinski definition) is 8. The van der Waals surface area contributed by atoms with Gasteiger partial charge in [0.25, 0.3) is 5.91 Å². The van der Waals surface area contributed by atoms with E-state index < -0.39 is 27.9 Å². The van der Waals surface area contributed by atoms with E-state index in [9.17, 15) is 22.8 Å². The molecule has 0 saturated carbocycles. The van der Waals surface area contributed by atoms with Crippen molar-refractivity contribution in [3.63, 3.8) is 0 Å². The number of benzene rings is 3. The molecular weight excluding hydrogens is 558 g/mol. The topological polar surface area (TPSA) is 144 Å². The quantitative estimate of drug-likeness (QED) is 0.204. The largest absolute Gasteiger partial charge is 0.468 e. The van der Waals surface area contributed by atoms with Crippen LogP contribution >= 0.6 is 0 Å². The van der Waals surface area contributed by atoms with Crippen molar-refractivity contribution in [3.8, 4) is 11.1 Å². The highest BCUT2D eigenvalue weighted by atomic mass is 32.2. The number of anilines is 2. The Labute approximate surface area is 244 Å². The number of hydrogen-bond donors (Lipinski definition) is 3. The summed E-state index contributed by atoms with van der Waals surface area (Å²) in [5.41, 5.74) is 4.02. The minimum absolute atomic E-state index is 0.0111. The molecule has 10 nitrogen and oxygen atoms in total. The Morgan fingerprint density at radius 2 is 1.55 bits per heavy atom. The summed E-state index contributed by atoms with van der Waals surface area (Å²) in [6, 6.07) is 17.7. The number of furan rings is 1. The van der Waals surface area contributed by atoms with Crippen LogP contribution in [-0.2, 0) is 24.3 Å². The molecule has 4 rings (SSSR count). The van der Waals surface area contributed by atoms with Gasteiger partial charge in [0.05, 0.1) is 18.6 Å². The molecule has 0 aliphatic heterocycles. The number of aryl methyl sites for hydroxylation is 1. The molecule has 0 radical (unpaired) electrons. The third-order valence-electron chi connectivity index (χ3n) is 6.73. The first-order chi connectivity index (χ1) is 19.9. The van der Waals surface area contributed by atoms with Crippen LogP contribution in [-0.4, -0.2) is 45.8 Å². The molecule has 0 aliphatic carbocycles. The smallest absolute Gasteiger partial charge is 0.324 e. The third-order valence-corrected chi connectivity index (χ3v) is 8.19. The number of carbonyl (C=O) groups is 3.